The van der Waals surface area contributed by atoms with Gasteiger partial charge in [-0.2, -0.15) is 10.2 Å². The van der Waals surface area contributed by atoms with Crippen molar-refractivity contribution < 1.29 is 14.3 Å². The summed E-state index contributed by atoms with van der Waals surface area (Å²) in [5.41, 5.74) is 4.43. The molecule has 2 aliphatic rings. The highest BCUT2D eigenvalue weighted by Gasteiger charge is 2.35. The number of aromatic nitrogens is 2. The van der Waals surface area contributed by atoms with Crippen molar-refractivity contribution in [2.75, 3.05) is 6.54 Å². The van der Waals surface area contributed by atoms with Crippen LogP contribution < -0.4 is 16.1 Å². The molecule has 1 aliphatic carbocycles. The molecule has 0 aromatic carbocycles. The van der Waals surface area contributed by atoms with E-state index < -0.39 is 0 Å². The van der Waals surface area contributed by atoms with Gasteiger partial charge in [-0.3, -0.25) is 9.48 Å². The van der Waals surface area contributed by atoms with Crippen LogP contribution in [0.1, 0.15) is 55.2 Å². The van der Waals surface area contributed by atoms with Gasteiger partial charge in [0.05, 0.1) is 11.7 Å². The van der Waals surface area contributed by atoms with Gasteiger partial charge in [0.1, 0.15) is 17.6 Å². The van der Waals surface area contributed by atoms with E-state index in [2.05, 4.69) is 26.3 Å². The SMILES string of the molecule is CCCNC(=O)O[C@@H]1CC[C@H](C2CC(NC(=O)c3cc(C)nn3C)=NN2)C1. The van der Waals surface area contributed by atoms with Crippen molar-refractivity contribution in [3.05, 3.63) is 17.5 Å². The average Bonchev–Trinajstić information content (AvgIpc) is 3.33. The minimum Gasteiger partial charge on any atom is -0.446 e. The molecular formula is C18H28N6O3. The number of aryl methyl sites for hydroxylation is 2. The molecule has 0 bridgehead atoms. The Morgan fingerprint density at radius 2 is 2.22 bits per heavy atom. The van der Waals surface area contributed by atoms with Crippen LogP contribution in [0, 0.1) is 12.8 Å². The molecule has 3 N–H and O–H groups in total. The summed E-state index contributed by atoms with van der Waals surface area (Å²) < 4.78 is 7.04. The fourth-order valence-corrected chi connectivity index (χ4v) is 3.70. The first-order valence-electron chi connectivity index (χ1n) is 9.54. The summed E-state index contributed by atoms with van der Waals surface area (Å²) in [5, 5.41) is 14.1. The first kappa shape index (κ1) is 19.2. The number of nitrogens with zero attached hydrogens (tertiary/aromatic N) is 3. The van der Waals surface area contributed by atoms with Gasteiger partial charge in [-0.05, 0) is 44.6 Å². The van der Waals surface area contributed by atoms with E-state index in [9.17, 15) is 9.59 Å². The number of nitrogens with one attached hydrogen (secondary N) is 3. The topological polar surface area (TPSA) is 110 Å². The minimum atomic E-state index is -0.336. The fraction of sp³-hybridized carbons (Fsp3) is 0.667. The van der Waals surface area contributed by atoms with Crippen LogP contribution in [0.25, 0.3) is 0 Å². The maximum Gasteiger partial charge on any atom is 0.407 e. The number of hydrazone groups is 1. The van der Waals surface area contributed by atoms with Gasteiger partial charge >= 0.3 is 6.09 Å². The molecule has 0 spiro atoms. The molecule has 148 valence electrons. The first-order chi connectivity index (χ1) is 13.0. The molecule has 27 heavy (non-hydrogen) atoms. The lowest BCUT2D eigenvalue weighted by Gasteiger charge is -2.18. The van der Waals surface area contributed by atoms with Gasteiger partial charge in [0.15, 0.2) is 0 Å². The number of amidine groups is 1. The number of carbonyl (C=O) groups is 2. The molecule has 2 heterocycles. The standard InChI is InChI=1S/C18H28N6O3/c1-4-7-19-18(26)27-13-6-5-12(9-13)14-10-16(22-21-14)20-17(25)15-8-11(2)23-24(15)3/h8,12-14,21H,4-7,9-10H2,1-3H3,(H,19,26)(H,20,22,25)/t12-,13+,14?/m0/s1. The molecule has 1 aliphatic heterocycles. The Balaban J connectivity index is 1.45. The van der Waals surface area contributed by atoms with Crippen LogP contribution in [0.4, 0.5) is 4.79 Å². The maximum absolute atomic E-state index is 12.4. The summed E-state index contributed by atoms with van der Waals surface area (Å²) in [4.78, 5) is 24.1. The Morgan fingerprint density at radius 1 is 1.41 bits per heavy atom. The Hall–Kier alpha value is -2.58. The van der Waals surface area contributed by atoms with Gasteiger partial charge in [0, 0.05) is 20.0 Å². The van der Waals surface area contributed by atoms with Crippen molar-refractivity contribution in [2.24, 2.45) is 18.1 Å². The molecule has 2 amide bonds. The summed E-state index contributed by atoms with van der Waals surface area (Å²) in [6, 6.07) is 1.90. The van der Waals surface area contributed by atoms with Gasteiger partial charge in [-0.25, -0.2) is 4.79 Å². The normalized spacial score (nSPS) is 24.3. The first-order valence-corrected chi connectivity index (χ1v) is 9.54. The zero-order chi connectivity index (χ0) is 19.4. The molecule has 1 aromatic heterocycles. The lowest BCUT2D eigenvalue weighted by atomic mass is 9.96. The summed E-state index contributed by atoms with van der Waals surface area (Å²) in [7, 11) is 1.74. The van der Waals surface area contributed by atoms with Crippen molar-refractivity contribution in [3.63, 3.8) is 0 Å². The summed E-state index contributed by atoms with van der Waals surface area (Å²) in [6.07, 6.45) is 3.80. The van der Waals surface area contributed by atoms with E-state index in [-0.39, 0.29) is 24.1 Å². The highest BCUT2D eigenvalue weighted by Crippen LogP contribution is 2.32. The summed E-state index contributed by atoms with van der Waals surface area (Å²) in [6.45, 7) is 4.48. The largest absolute Gasteiger partial charge is 0.446 e. The van der Waals surface area contributed by atoms with Gasteiger partial charge in [0.2, 0.25) is 0 Å². The number of carbonyl (C=O) groups excluding carboxylic acids is 2. The van der Waals surface area contributed by atoms with Gasteiger partial charge in [-0.15, -0.1) is 0 Å². The van der Waals surface area contributed by atoms with Gasteiger partial charge in [0.25, 0.3) is 5.91 Å². The third-order valence-corrected chi connectivity index (χ3v) is 5.06. The highest BCUT2D eigenvalue weighted by atomic mass is 16.6. The number of alkyl carbamates (subject to hydrolysis) is 1. The average molecular weight is 376 g/mol. The Kier molecular flexibility index (Phi) is 5.98. The third kappa shape index (κ3) is 4.78. The Morgan fingerprint density at radius 3 is 2.93 bits per heavy atom. The molecule has 9 nitrogen and oxygen atoms in total. The molecule has 1 aromatic rings. The van der Waals surface area contributed by atoms with Crippen LogP contribution in [-0.2, 0) is 11.8 Å². The monoisotopic (exact) mass is 376 g/mol. The second kappa shape index (κ2) is 8.41. The van der Waals surface area contributed by atoms with Crippen molar-refractivity contribution in [1.82, 2.24) is 25.8 Å². The van der Waals surface area contributed by atoms with Gasteiger partial charge < -0.3 is 20.8 Å². The fourth-order valence-electron chi connectivity index (χ4n) is 3.70. The van der Waals surface area contributed by atoms with Crippen LogP contribution in [0.2, 0.25) is 0 Å². The molecule has 1 fully saturated rings. The molecule has 1 saturated carbocycles. The number of amides is 2. The minimum absolute atomic E-state index is 0.0512. The van der Waals surface area contributed by atoms with Crippen LogP contribution in [0.5, 0.6) is 0 Å². The lowest BCUT2D eigenvalue weighted by Crippen LogP contribution is -2.34. The second-order valence-electron chi connectivity index (χ2n) is 7.27. The predicted molar refractivity (Wildman–Crippen MR) is 100 cm³/mol. The number of ether oxygens (including phenoxy) is 1. The van der Waals surface area contributed by atoms with Crippen molar-refractivity contribution in [3.8, 4) is 0 Å². The molecule has 0 radical (unpaired) electrons. The lowest BCUT2D eigenvalue weighted by molar-refractivity contribution is 0.0959. The Labute approximate surface area is 158 Å². The second-order valence-corrected chi connectivity index (χ2v) is 7.27. The van der Waals surface area contributed by atoms with E-state index in [1.54, 1.807) is 17.8 Å². The number of rotatable bonds is 5. The zero-order valence-electron chi connectivity index (χ0n) is 16.1. The zero-order valence-corrected chi connectivity index (χ0v) is 16.1. The molecule has 3 rings (SSSR count). The van der Waals surface area contributed by atoms with Crippen LogP contribution >= 0.6 is 0 Å². The molecule has 0 saturated heterocycles. The quantitative estimate of drug-likeness (QED) is 0.720. The summed E-state index contributed by atoms with van der Waals surface area (Å²) in [5.74, 6) is 0.791. The van der Waals surface area contributed by atoms with Crippen LogP contribution in [0.3, 0.4) is 0 Å². The van der Waals surface area contributed by atoms with E-state index >= 15 is 0 Å². The maximum atomic E-state index is 12.4. The number of hydrogen-bond acceptors (Lipinski definition) is 6. The van der Waals surface area contributed by atoms with Crippen molar-refractivity contribution >= 4 is 17.8 Å². The predicted octanol–water partition coefficient (Wildman–Crippen LogP) is 1.44. The molecular weight excluding hydrogens is 348 g/mol. The van der Waals surface area contributed by atoms with Crippen LogP contribution in [0.15, 0.2) is 11.2 Å². The molecule has 9 heteroatoms. The molecule has 3 atom stereocenters. The Bertz CT molecular complexity index is 729. The van der Waals surface area contributed by atoms with E-state index in [0.717, 1.165) is 31.4 Å². The number of hydrogen-bond donors (Lipinski definition) is 3. The summed E-state index contributed by atoms with van der Waals surface area (Å²) >= 11 is 0. The third-order valence-electron chi connectivity index (χ3n) is 5.06. The van der Waals surface area contributed by atoms with E-state index in [0.29, 0.717) is 30.4 Å². The highest BCUT2D eigenvalue weighted by molar-refractivity contribution is 6.06. The van der Waals surface area contributed by atoms with Crippen molar-refractivity contribution in [1.29, 1.82) is 0 Å². The van der Waals surface area contributed by atoms with E-state index in [1.807, 2.05) is 13.8 Å². The van der Waals surface area contributed by atoms with Gasteiger partial charge in [-0.1, -0.05) is 6.92 Å². The molecule has 1 unspecified atom stereocenters. The smallest absolute Gasteiger partial charge is 0.407 e. The van der Waals surface area contributed by atoms with Crippen LogP contribution in [-0.4, -0.2) is 46.3 Å². The van der Waals surface area contributed by atoms with E-state index in [4.69, 9.17) is 4.74 Å². The van der Waals surface area contributed by atoms with E-state index in [1.165, 1.54) is 0 Å². The van der Waals surface area contributed by atoms with Crippen molar-refractivity contribution in [2.45, 2.75) is 58.1 Å².